The molecule has 4 rings (SSSR count). The maximum Gasteiger partial charge on any atom is 2.00 e. The van der Waals surface area contributed by atoms with E-state index >= 15 is 0 Å². The van der Waals surface area contributed by atoms with Crippen LogP contribution in [0.4, 0.5) is 20.5 Å². The molecule has 0 aliphatic carbocycles. The number of carbonyl (C=O) groups is 4. The van der Waals surface area contributed by atoms with Gasteiger partial charge in [0, 0.05) is 58.2 Å². The summed E-state index contributed by atoms with van der Waals surface area (Å²) in [6.45, 7) is 0. The Kier molecular flexibility index (Phi) is 33.0. The molecule has 0 aromatic carbocycles. The number of aromatic nitrogens is 4. The number of anilines is 4. The average molecular weight is 805 g/mol. The van der Waals surface area contributed by atoms with E-state index in [2.05, 4.69) is 19.9 Å². The molecule has 0 atom stereocenters. The number of nitrogen functional groups attached to an aromatic ring is 4. The van der Waals surface area contributed by atoms with Crippen molar-refractivity contribution < 1.29 is 100 Å². The molecular formula is C18H26N8O12S4Zn2+2. The molecule has 0 amide bonds. The maximum absolute atomic E-state index is 9.28. The van der Waals surface area contributed by atoms with Crippen molar-refractivity contribution >= 4 is 89.8 Å². The predicted octanol–water partition coefficient (Wildman–Crippen LogP) is -6.88. The van der Waals surface area contributed by atoms with Crippen LogP contribution in [0.15, 0.2) is 21.5 Å². The Bertz CT molecular complexity index is 1180. The van der Waals surface area contributed by atoms with Gasteiger partial charge in [-0.1, -0.05) is 0 Å². The Morgan fingerprint density at radius 3 is 0.727 bits per heavy atom. The molecule has 18 N–H and O–H groups in total. The second-order valence-electron chi connectivity index (χ2n) is 6.13. The summed E-state index contributed by atoms with van der Waals surface area (Å²) in [4.78, 5) is 53.4. The minimum atomic E-state index is -1.63. The fourth-order valence-corrected chi connectivity index (χ4v) is 4.08. The average Bonchev–Trinajstić information content (AvgIpc) is 3.56. The van der Waals surface area contributed by atoms with Crippen molar-refractivity contribution in [2.24, 2.45) is 0 Å². The van der Waals surface area contributed by atoms with Gasteiger partial charge in [0.2, 0.25) is 0 Å². The number of carbonyl (C=O) groups excluding carboxylic acids is 4. The van der Waals surface area contributed by atoms with Crippen LogP contribution in [0.3, 0.4) is 0 Å². The molecule has 0 radical (unpaired) electrons. The number of nitrogens with zero attached hydrogens (tertiary/aromatic N) is 4. The van der Waals surface area contributed by atoms with E-state index in [0.717, 1.165) is 22.8 Å². The molecule has 26 heteroatoms. The molecule has 0 saturated heterocycles. The van der Waals surface area contributed by atoms with Crippen LogP contribution >= 0.6 is 45.3 Å². The summed E-state index contributed by atoms with van der Waals surface area (Å²) in [7, 11) is 0. The van der Waals surface area contributed by atoms with E-state index in [1.54, 1.807) is 0 Å². The second-order valence-corrected chi connectivity index (χ2v) is 9.68. The fraction of sp³-hybridized carbons (Fsp3) is 0.111. The van der Waals surface area contributed by atoms with Crippen molar-refractivity contribution in [3.63, 3.8) is 0 Å². The van der Waals surface area contributed by atoms with Crippen LogP contribution in [0.5, 0.6) is 0 Å². The van der Waals surface area contributed by atoms with Crippen molar-refractivity contribution in [2.45, 2.75) is 12.8 Å². The van der Waals surface area contributed by atoms with Gasteiger partial charge in [-0.05, 0) is 0 Å². The van der Waals surface area contributed by atoms with E-state index in [0.29, 0.717) is 20.5 Å². The molecule has 0 spiro atoms. The van der Waals surface area contributed by atoms with E-state index in [-0.39, 0.29) is 60.9 Å². The molecule has 0 fully saturated rings. The van der Waals surface area contributed by atoms with Crippen LogP contribution < -0.4 is 43.4 Å². The SMILES string of the molecule is Nc1nc(-c2csc(N)n2)cs1.Nc1nc(-c2csc(N)n2)cs1.O.O.O=C([O-])CC(=O)[O-].O=C([O-])CC(=O)[O-].[OH3+].[OH3+].[Zn+2].[Zn+2]. The third kappa shape index (κ3) is 23.2. The van der Waals surface area contributed by atoms with Crippen molar-refractivity contribution in [1.82, 2.24) is 19.9 Å². The van der Waals surface area contributed by atoms with Gasteiger partial charge >= 0.3 is 39.0 Å². The van der Waals surface area contributed by atoms with Crippen molar-refractivity contribution in [3.8, 4) is 22.8 Å². The van der Waals surface area contributed by atoms with Gasteiger partial charge in [-0.2, -0.15) is 0 Å². The molecule has 0 aliphatic heterocycles. The minimum Gasteiger partial charge on any atom is -0.550 e. The molecule has 4 aromatic rings. The summed E-state index contributed by atoms with van der Waals surface area (Å²) in [5.74, 6) is -6.50. The largest absolute Gasteiger partial charge is 2.00 e. The smallest absolute Gasteiger partial charge is 0.550 e. The Morgan fingerprint density at radius 1 is 0.500 bits per heavy atom. The quantitative estimate of drug-likeness (QED) is 0.0799. The normalized spacial score (nSPS) is 8.18. The van der Waals surface area contributed by atoms with Crippen LogP contribution in [0.25, 0.3) is 22.8 Å². The van der Waals surface area contributed by atoms with Crippen LogP contribution in [0.2, 0.25) is 0 Å². The van der Waals surface area contributed by atoms with Crippen molar-refractivity contribution in [2.75, 3.05) is 22.9 Å². The summed E-state index contributed by atoms with van der Waals surface area (Å²) in [5, 5.41) is 46.8. The molecule has 4 heterocycles. The van der Waals surface area contributed by atoms with Gasteiger partial charge in [-0.3, -0.25) is 0 Å². The number of rotatable bonds is 6. The van der Waals surface area contributed by atoms with Crippen LogP contribution in [0, 0.1) is 0 Å². The molecule has 236 valence electrons. The molecule has 0 saturated carbocycles. The Morgan fingerprint density at radius 2 is 0.659 bits per heavy atom. The Balaban J connectivity index is -0.000000108. The first-order valence-electron chi connectivity index (χ1n) is 9.40. The van der Waals surface area contributed by atoms with Gasteiger partial charge in [0.05, 0.1) is 0 Å². The Labute approximate surface area is 288 Å². The Hall–Kier alpha value is -3.31. The van der Waals surface area contributed by atoms with E-state index in [4.69, 9.17) is 22.9 Å². The number of nitrogens with two attached hydrogens (primary N) is 4. The number of aliphatic carboxylic acids is 4. The number of hydrogen-bond acceptors (Lipinski definition) is 20. The molecule has 0 unspecified atom stereocenters. The monoisotopic (exact) mass is 802 g/mol. The first kappa shape index (κ1) is 53.3. The number of hydrogen-bond donors (Lipinski definition) is 4. The van der Waals surface area contributed by atoms with E-state index in [1.165, 1.54) is 45.3 Å². The summed E-state index contributed by atoms with van der Waals surface area (Å²) >= 11 is 5.60. The van der Waals surface area contributed by atoms with Crippen LogP contribution in [-0.4, -0.2) is 54.8 Å². The standard InChI is InChI=1S/2C6H6N4S2.2C3H4O4.4H2O.2Zn/c2*7-5-9-3(1-11-5)4-2-12-6(8)10-4;2*4-2(5)1-3(6)7;;;;;;/h2*1-2H,(H2,7,9)(H2,8,10);2*1H2,(H,4,5)(H,6,7);4*1H2;;/q;;;;;;;;2*+2/p-2. The fourth-order valence-electron chi connectivity index (χ4n) is 1.86. The van der Waals surface area contributed by atoms with Crippen molar-refractivity contribution in [1.29, 1.82) is 0 Å². The van der Waals surface area contributed by atoms with Gasteiger partial charge in [0.1, 0.15) is 22.8 Å². The van der Waals surface area contributed by atoms with Gasteiger partial charge < -0.3 is 84.4 Å². The number of carboxylic acid groups (broad SMARTS) is 4. The first-order chi connectivity index (χ1) is 17.8. The summed E-state index contributed by atoms with van der Waals surface area (Å²) in [5.41, 5.74) is 25.1. The van der Waals surface area contributed by atoms with Crippen LogP contribution in [0.1, 0.15) is 12.8 Å². The molecule has 0 aliphatic rings. The maximum atomic E-state index is 9.28. The van der Waals surface area contributed by atoms with E-state index in [1.807, 2.05) is 21.5 Å². The molecule has 4 aromatic heterocycles. The van der Waals surface area contributed by atoms with Crippen LogP contribution in [-0.2, 0) is 69.1 Å². The zero-order chi connectivity index (χ0) is 28.8. The molecular weight excluding hydrogens is 779 g/mol. The number of carboxylic acids is 4. The molecule has 44 heavy (non-hydrogen) atoms. The third-order valence-corrected chi connectivity index (χ3v) is 5.89. The van der Waals surface area contributed by atoms with Gasteiger partial charge in [-0.25, -0.2) is 19.9 Å². The predicted molar refractivity (Wildman–Crippen MR) is 150 cm³/mol. The number of thiazole rings is 4. The zero-order valence-corrected chi connectivity index (χ0v) is 31.5. The molecule has 0 bridgehead atoms. The summed E-state index contributed by atoms with van der Waals surface area (Å²) < 4.78 is 0. The third-order valence-electron chi connectivity index (χ3n) is 3.19. The van der Waals surface area contributed by atoms with E-state index in [9.17, 15) is 39.6 Å². The zero-order valence-electron chi connectivity index (χ0n) is 22.3. The van der Waals surface area contributed by atoms with Gasteiger partial charge in [0.15, 0.2) is 20.5 Å². The van der Waals surface area contributed by atoms with Gasteiger partial charge in [0.25, 0.3) is 0 Å². The minimum absolute atomic E-state index is 0. The topological polar surface area (TPSA) is 445 Å². The van der Waals surface area contributed by atoms with Gasteiger partial charge in [-0.15, -0.1) is 45.3 Å². The molecule has 20 nitrogen and oxygen atoms in total. The second kappa shape index (κ2) is 27.3. The first-order valence-corrected chi connectivity index (χ1v) is 12.9. The summed E-state index contributed by atoms with van der Waals surface area (Å²) in [6.07, 6.45) is -2.06. The van der Waals surface area contributed by atoms with Crippen molar-refractivity contribution in [3.05, 3.63) is 21.5 Å². The summed E-state index contributed by atoms with van der Waals surface area (Å²) in [6, 6.07) is 0. The van der Waals surface area contributed by atoms with E-state index < -0.39 is 36.7 Å².